The normalized spacial score (nSPS) is 11.7. The van der Waals surface area contributed by atoms with Gasteiger partial charge in [-0.1, -0.05) is 18.2 Å². The molecule has 37 nitrogen and oxygen atoms in total. The highest BCUT2D eigenvalue weighted by Gasteiger charge is 2.27. The smallest absolute Gasteiger partial charge is 0.292 e. The van der Waals surface area contributed by atoms with Crippen LogP contribution in [0, 0.1) is 0 Å². The van der Waals surface area contributed by atoms with E-state index in [9.17, 15) is 63.0 Å². The summed E-state index contributed by atoms with van der Waals surface area (Å²) in [5, 5.41) is 56.8. The first-order valence-corrected chi connectivity index (χ1v) is 36.7. The van der Waals surface area contributed by atoms with Gasteiger partial charge in [-0.05, 0) is 84.5 Å². The van der Waals surface area contributed by atoms with E-state index in [1.54, 1.807) is 128 Å². The predicted octanol–water partition coefficient (Wildman–Crippen LogP) is 2.39. The quantitative estimate of drug-likeness (QED) is 0.0175. The van der Waals surface area contributed by atoms with E-state index in [0.717, 1.165) is 19.5 Å². The van der Waals surface area contributed by atoms with E-state index in [1.165, 1.54) is 116 Å². The summed E-state index contributed by atoms with van der Waals surface area (Å²) < 4.78 is 18.0. The number of aryl methyl sites for hydroxylation is 8. The summed E-state index contributed by atoms with van der Waals surface area (Å²) in [5.74, 6) is -5.87. The summed E-state index contributed by atoms with van der Waals surface area (Å²) in [6, 6.07) is 21.2. The fraction of sp³-hybridized carbons (Fsp3) is 0.231. The van der Waals surface area contributed by atoms with E-state index < -0.39 is 59.3 Å². The Bertz CT molecular complexity index is 5920. The van der Waals surface area contributed by atoms with Gasteiger partial charge in [0, 0.05) is 185 Å². The highest BCUT2D eigenvalue weighted by Crippen LogP contribution is 2.42. The summed E-state index contributed by atoms with van der Waals surface area (Å²) in [4.78, 5) is 155. The number of fused-ring (bicyclic) bond motifs is 2. The van der Waals surface area contributed by atoms with Crippen LogP contribution < -0.4 is 84.8 Å². The number of rotatable bonds is 30. The molecule has 2 aromatic carbocycles. The molecule has 0 fully saturated rings. The van der Waals surface area contributed by atoms with Crippen LogP contribution in [0.25, 0.3) is 33.4 Å². The van der Waals surface area contributed by atoms with E-state index in [4.69, 9.17) is 16.6 Å². The monoisotopic (exact) mass is 1600 g/mol. The molecule has 1 aliphatic carbocycles. The van der Waals surface area contributed by atoms with Crippen molar-refractivity contribution in [3.63, 3.8) is 0 Å². The zero-order chi connectivity index (χ0) is 83.1. The van der Waals surface area contributed by atoms with Gasteiger partial charge in [0.25, 0.3) is 53.2 Å². The van der Waals surface area contributed by atoms with Gasteiger partial charge in [0.15, 0.2) is 28.2 Å². The molecule has 2 atom stereocenters. The molecule has 0 bridgehead atoms. The van der Waals surface area contributed by atoms with Crippen LogP contribution in [0.2, 0.25) is 0 Å². The maximum Gasteiger partial charge on any atom is 0.292 e. The molecule has 1 unspecified atom stereocenters. The molecule has 2 aliphatic rings. The molecule has 9 heterocycles. The minimum absolute atomic E-state index is 0.0141. The third-order valence-electron chi connectivity index (χ3n) is 19.0. The first-order chi connectivity index (χ1) is 55.3. The number of anilines is 8. The van der Waals surface area contributed by atoms with Gasteiger partial charge in [0.2, 0.25) is 5.82 Å². The number of hydrogen-bond donors (Lipinski definition) is 13. The van der Waals surface area contributed by atoms with E-state index >= 15 is 0 Å². The van der Waals surface area contributed by atoms with Crippen molar-refractivity contribution in [1.29, 1.82) is 0 Å². The number of benzene rings is 3. The number of quaternary nitrogens is 2. The molecule has 0 saturated carbocycles. The van der Waals surface area contributed by atoms with Crippen molar-refractivity contribution in [2.24, 2.45) is 56.4 Å². The Kier molecular flexibility index (Phi) is 24.1. The maximum absolute atomic E-state index is 13.7. The molecule has 38 heteroatoms. The summed E-state index contributed by atoms with van der Waals surface area (Å²) in [5.41, 5.74) is 8.39. The van der Waals surface area contributed by atoms with Gasteiger partial charge < -0.3 is 125 Å². The lowest BCUT2D eigenvalue weighted by Gasteiger charge is -2.20. The third-order valence-corrected chi connectivity index (χ3v) is 19.3. The minimum Gasteiger partial charge on any atom is -0.872 e. The molecule has 12 rings (SSSR count). The third kappa shape index (κ3) is 18.8. The van der Waals surface area contributed by atoms with Crippen LogP contribution in [0.1, 0.15) is 114 Å². The average Bonchev–Trinajstić information content (AvgIpc) is 1.74. The number of carboxylic acids is 1. The zero-order valence-electron chi connectivity index (χ0n) is 64.4. The Labute approximate surface area is 666 Å². The largest absolute Gasteiger partial charge is 0.872 e. The second-order valence-electron chi connectivity index (χ2n) is 27.9. The van der Waals surface area contributed by atoms with Crippen molar-refractivity contribution in [2.75, 3.05) is 82.3 Å². The second-order valence-corrected chi connectivity index (χ2v) is 28.3. The summed E-state index contributed by atoms with van der Waals surface area (Å²) in [7, 11) is 15.1. The molecule has 9 amide bonds. The van der Waals surface area contributed by atoms with Crippen LogP contribution in [0.4, 0.5) is 45.6 Å². The number of nitrogens with one attached hydrogen (secondary N) is 12. The molecular formula is C78H83N23O14S. The van der Waals surface area contributed by atoms with Gasteiger partial charge in [0.05, 0.1) is 60.2 Å². The number of aromatic carboxylic acids is 1. The first-order valence-electron chi connectivity index (χ1n) is 36.3. The Morgan fingerprint density at radius 1 is 0.483 bits per heavy atom. The molecule has 0 spiro atoms. The van der Waals surface area contributed by atoms with Crippen LogP contribution in [0.3, 0.4) is 0 Å². The van der Waals surface area contributed by atoms with Crippen LogP contribution in [-0.2, 0) is 61.2 Å². The fourth-order valence-electron chi connectivity index (χ4n) is 13.2. The minimum atomic E-state index is -1.45. The highest BCUT2D eigenvalue weighted by molar-refractivity contribution is 7.80. The van der Waals surface area contributed by atoms with Gasteiger partial charge in [0.1, 0.15) is 45.5 Å². The molecular weight excluding hydrogens is 1520 g/mol. The number of aromatic nitrogens is 10. The number of carboxylic acid groups (broad SMARTS) is 1. The fourth-order valence-corrected chi connectivity index (χ4v) is 13.4. The molecule has 15 N–H and O–H groups in total. The average molecular weight is 1600 g/mol. The zero-order valence-corrected chi connectivity index (χ0v) is 65.2. The Hall–Kier alpha value is -14.7. The SMILES string of the molecule is Cn1cc(NC(=O)c2cc(NC(=O)c3cc(NC(=O)c4cc(NC(=O)[C@H]([NH3+])CCNC(=O)c5cc(NC(=O)c6cc(NC(=O)c7nc(NC(=O)c8nccn8C)cn7C)cn6C)cn5C)cn4C)cn3C)cn2C)cc1C(=O)NCCC[NH+](C)CCCNC(=S)Nc1ccc(-c2c3ccc(=O)cc-3oc3cc([O-])ccc23)c(C(=O)[O-])c1. The van der Waals surface area contributed by atoms with E-state index in [-0.39, 0.29) is 109 Å². The topological polar surface area (TPSA) is 477 Å². The van der Waals surface area contributed by atoms with Gasteiger partial charge in [-0.15, -0.1) is 5.75 Å². The molecule has 0 radical (unpaired) electrons. The summed E-state index contributed by atoms with van der Waals surface area (Å²) in [6.45, 7) is 2.47. The number of carbonyl (C=O) groups is 10. The number of amides is 9. The Morgan fingerprint density at radius 3 is 1.43 bits per heavy atom. The van der Waals surface area contributed by atoms with Crippen molar-refractivity contribution in [3.8, 4) is 28.2 Å². The lowest BCUT2D eigenvalue weighted by molar-refractivity contribution is -0.879. The lowest BCUT2D eigenvalue weighted by atomic mass is 9.90. The van der Waals surface area contributed by atoms with Crippen LogP contribution in [0.5, 0.6) is 5.75 Å². The second kappa shape index (κ2) is 34.5. The van der Waals surface area contributed by atoms with Crippen molar-refractivity contribution < 1.29 is 73.2 Å². The van der Waals surface area contributed by atoms with Crippen molar-refractivity contribution in [2.45, 2.75) is 25.3 Å². The van der Waals surface area contributed by atoms with Gasteiger partial charge in [-0.2, -0.15) is 0 Å². The van der Waals surface area contributed by atoms with Crippen molar-refractivity contribution in [1.82, 2.24) is 62.5 Å². The Morgan fingerprint density at radius 2 is 0.940 bits per heavy atom. The van der Waals surface area contributed by atoms with Gasteiger partial charge in [-0.25, -0.2) is 9.97 Å². The van der Waals surface area contributed by atoms with Crippen molar-refractivity contribution >= 4 is 133 Å². The standard InChI is InChI=1S/C78H83N23O14S/c1-93(24-11-20-83-78(116)90-42-12-15-51(54(26-42)77(113)114)65-52-16-13-49(102)33-62(52)115-63-34-50(103)14-17-53(63)65)23-10-19-81-69(105)56-27-44(36-95(56)3)85-72(108)59-30-47(39-98(59)6)88-73(109)60-31-46(38-99(60)7)87-71(107)58-29-43(35-97(58)5)84-68(104)55(79)18-21-82-70(106)57-28-45(37-96(57)4)86-74(110)61-32-48(40-100(61)8)89-76(112)67-91-64(41-101(67)9)92-75(111)66-80-22-25-94(66)2/h12-17,22,25-41,55,102H,10-11,18-21,23-24,79H2,1-9H3,(H,81,105)(H,82,106)(H,84,104)(H,85,108)(H,86,110)(H,87,107)(H,88,109)(H,89,112)(H,92,111)(H,113,114)(H2,83,90,116)/t55-/m1/s1. The van der Waals surface area contributed by atoms with E-state index in [2.05, 4.69) is 74.2 Å². The van der Waals surface area contributed by atoms with E-state index in [0.29, 0.717) is 75.7 Å². The Balaban J connectivity index is 0.536. The summed E-state index contributed by atoms with van der Waals surface area (Å²) in [6.07, 6.45) is 15.4. The highest BCUT2D eigenvalue weighted by atomic mass is 32.1. The van der Waals surface area contributed by atoms with E-state index in [1.807, 2.05) is 7.05 Å². The number of nitrogens with zero attached hydrogens (tertiary/aromatic N) is 10. The lowest BCUT2D eigenvalue weighted by Crippen LogP contribution is -3.09. The summed E-state index contributed by atoms with van der Waals surface area (Å²) >= 11 is 5.54. The molecule has 0 saturated heterocycles. The number of carbonyl (C=O) groups excluding carboxylic acids is 10. The van der Waals surface area contributed by atoms with Crippen LogP contribution in [-0.4, -0.2) is 157 Å². The number of imidazole rings is 2. The first kappa shape index (κ1) is 80.8. The van der Waals surface area contributed by atoms with Gasteiger partial charge >= 0.3 is 0 Å². The van der Waals surface area contributed by atoms with Crippen LogP contribution in [0.15, 0.2) is 156 Å². The molecule has 10 aromatic rings. The van der Waals surface area contributed by atoms with Crippen LogP contribution >= 0.6 is 12.2 Å². The molecule has 8 aromatic heterocycles. The number of thiocarbonyl (C=S) groups is 1. The molecule has 1 aliphatic heterocycles. The molecule has 116 heavy (non-hydrogen) atoms. The maximum atomic E-state index is 13.7. The molecule has 600 valence electrons. The van der Waals surface area contributed by atoms with Crippen molar-refractivity contribution in [3.05, 3.63) is 208 Å². The van der Waals surface area contributed by atoms with Gasteiger partial charge in [-0.3, -0.25) is 47.9 Å². The number of hydrogen-bond acceptors (Lipinski definition) is 17. The predicted molar refractivity (Wildman–Crippen MR) is 430 cm³/mol.